The first kappa shape index (κ1) is 17.2. The van der Waals surface area contributed by atoms with Gasteiger partial charge >= 0.3 is 0 Å². The predicted octanol–water partition coefficient (Wildman–Crippen LogP) is 1.54. The van der Waals surface area contributed by atoms with E-state index in [2.05, 4.69) is 20.8 Å². The average molecular weight is 345 g/mol. The zero-order valence-electron chi connectivity index (χ0n) is 14.4. The van der Waals surface area contributed by atoms with Crippen LogP contribution in [0.2, 0.25) is 0 Å². The quantitative estimate of drug-likeness (QED) is 0.766. The molecular formula is C17H23N5O3. The van der Waals surface area contributed by atoms with Crippen LogP contribution in [0.5, 0.6) is 11.5 Å². The van der Waals surface area contributed by atoms with E-state index in [1.54, 1.807) is 11.8 Å². The van der Waals surface area contributed by atoms with Crippen molar-refractivity contribution in [2.24, 2.45) is 0 Å². The van der Waals surface area contributed by atoms with Crippen LogP contribution in [0.15, 0.2) is 30.6 Å². The highest BCUT2D eigenvalue weighted by molar-refractivity contribution is 5.84. The molecule has 1 fully saturated rings. The predicted molar refractivity (Wildman–Crippen MR) is 90.4 cm³/mol. The van der Waals surface area contributed by atoms with Gasteiger partial charge in [-0.05, 0) is 35.4 Å². The lowest BCUT2D eigenvalue weighted by Crippen LogP contribution is -2.51. The first-order valence-electron chi connectivity index (χ1n) is 8.54. The number of aromatic nitrogens is 4. The summed E-state index contributed by atoms with van der Waals surface area (Å²) in [4.78, 5) is 12.8. The van der Waals surface area contributed by atoms with E-state index in [1.807, 2.05) is 24.3 Å². The number of nitrogens with zero attached hydrogens (tertiary/aromatic N) is 4. The molecular weight excluding hydrogens is 322 g/mol. The fourth-order valence-electron chi connectivity index (χ4n) is 3.28. The van der Waals surface area contributed by atoms with Gasteiger partial charge in [-0.3, -0.25) is 4.79 Å². The summed E-state index contributed by atoms with van der Waals surface area (Å²) in [6, 6.07) is 7.44. The van der Waals surface area contributed by atoms with Gasteiger partial charge in [0.1, 0.15) is 18.5 Å². The molecule has 1 N–H and O–H groups in total. The van der Waals surface area contributed by atoms with Gasteiger partial charge in [0, 0.05) is 0 Å². The van der Waals surface area contributed by atoms with Gasteiger partial charge in [-0.15, -0.1) is 5.10 Å². The second-order valence-electron chi connectivity index (χ2n) is 6.10. The number of carbonyl (C=O) groups is 1. The highest BCUT2D eigenvalue weighted by Gasteiger charge is 2.42. The topological polar surface area (TPSA) is 91.2 Å². The van der Waals surface area contributed by atoms with Crippen LogP contribution < -0.4 is 14.8 Å². The molecule has 1 aromatic heterocycles. The van der Waals surface area contributed by atoms with Gasteiger partial charge in [0.25, 0.3) is 0 Å². The Bertz CT molecular complexity index is 683. The SMILES string of the molecule is COc1ccccc1OCCNC(=O)C1(n2cnnn2)CCCCC1. The molecule has 1 saturated carbocycles. The molecule has 8 nitrogen and oxygen atoms in total. The summed E-state index contributed by atoms with van der Waals surface area (Å²) >= 11 is 0. The van der Waals surface area contributed by atoms with E-state index in [-0.39, 0.29) is 5.91 Å². The van der Waals surface area contributed by atoms with Gasteiger partial charge in [-0.2, -0.15) is 0 Å². The molecule has 0 aliphatic heterocycles. The van der Waals surface area contributed by atoms with Crippen molar-refractivity contribution in [2.45, 2.75) is 37.6 Å². The number of tetrazole rings is 1. The molecule has 8 heteroatoms. The first-order chi connectivity index (χ1) is 12.3. The first-order valence-corrected chi connectivity index (χ1v) is 8.54. The van der Waals surface area contributed by atoms with Gasteiger partial charge < -0.3 is 14.8 Å². The second kappa shape index (κ2) is 7.96. The normalized spacial score (nSPS) is 16.2. The van der Waals surface area contributed by atoms with Gasteiger partial charge in [0.05, 0.1) is 13.7 Å². The fourth-order valence-corrected chi connectivity index (χ4v) is 3.28. The molecule has 0 saturated heterocycles. The van der Waals surface area contributed by atoms with Crippen LogP contribution >= 0.6 is 0 Å². The Morgan fingerprint density at radius 2 is 2.00 bits per heavy atom. The number of methoxy groups -OCH3 is 1. The Kier molecular flexibility index (Phi) is 5.47. The van der Waals surface area contributed by atoms with Crippen molar-refractivity contribution in [1.29, 1.82) is 0 Å². The number of carbonyl (C=O) groups excluding carboxylic acids is 1. The van der Waals surface area contributed by atoms with E-state index >= 15 is 0 Å². The molecule has 3 rings (SSSR count). The molecule has 0 unspecified atom stereocenters. The summed E-state index contributed by atoms with van der Waals surface area (Å²) in [5.74, 6) is 1.28. The number of benzene rings is 1. The number of amides is 1. The van der Waals surface area contributed by atoms with Gasteiger partial charge in [-0.1, -0.05) is 31.4 Å². The maximum atomic E-state index is 12.8. The van der Waals surface area contributed by atoms with E-state index in [4.69, 9.17) is 9.47 Å². The van der Waals surface area contributed by atoms with Crippen LogP contribution in [0.25, 0.3) is 0 Å². The van der Waals surface area contributed by atoms with Crippen LogP contribution in [-0.2, 0) is 10.3 Å². The van der Waals surface area contributed by atoms with Crippen molar-refractivity contribution in [1.82, 2.24) is 25.5 Å². The molecule has 1 aliphatic carbocycles. The summed E-state index contributed by atoms with van der Waals surface area (Å²) in [6.07, 6.45) is 6.13. The molecule has 1 heterocycles. The maximum absolute atomic E-state index is 12.8. The molecule has 25 heavy (non-hydrogen) atoms. The third kappa shape index (κ3) is 3.72. The maximum Gasteiger partial charge on any atom is 0.248 e. The Morgan fingerprint density at radius 1 is 1.24 bits per heavy atom. The summed E-state index contributed by atoms with van der Waals surface area (Å²) < 4.78 is 12.5. The number of hydrogen-bond donors (Lipinski definition) is 1. The molecule has 2 aromatic rings. The minimum atomic E-state index is -0.688. The highest BCUT2D eigenvalue weighted by atomic mass is 16.5. The summed E-state index contributed by atoms with van der Waals surface area (Å²) in [7, 11) is 1.60. The molecule has 0 radical (unpaired) electrons. The van der Waals surface area contributed by atoms with E-state index < -0.39 is 5.54 Å². The standard InChI is InChI=1S/C17H23N5O3/c1-24-14-7-3-4-8-15(14)25-12-11-18-16(23)17(9-5-2-6-10-17)22-13-19-20-21-22/h3-4,7-8,13H,2,5-6,9-12H2,1H3,(H,18,23). The van der Waals surface area contributed by atoms with Crippen LogP contribution in [-0.4, -0.2) is 46.4 Å². The number of para-hydroxylation sites is 2. The van der Waals surface area contributed by atoms with Crippen molar-refractivity contribution in [2.75, 3.05) is 20.3 Å². The Labute approximate surface area is 146 Å². The lowest BCUT2D eigenvalue weighted by Gasteiger charge is -2.35. The van der Waals surface area contributed by atoms with E-state index in [9.17, 15) is 4.79 Å². The zero-order chi connectivity index (χ0) is 17.5. The minimum absolute atomic E-state index is 0.0527. The molecule has 0 bridgehead atoms. The van der Waals surface area contributed by atoms with Crippen molar-refractivity contribution in [3.63, 3.8) is 0 Å². The molecule has 1 aliphatic rings. The highest BCUT2D eigenvalue weighted by Crippen LogP contribution is 2.34. The third-order valence-corrected chi connectivity index (χ3v) is 4.61. The van der Waals surface area contributed by atoms with Gasteiger partial charge in [0.2, 0.25) is 5.91 Å². The molecule has 1 aromatic carbocycles. The lowest BCUT2D eigenvalue weighted by atomic mass is 9.81. The van der Waals surface area contributed by atoms with Crippen molar-refractivity contribution in [3.05, 3.63) is 30.6 Å². The molecule has 0 spiro atoms. The number of rotatable bonds is 7. The Balaban J connectivity index is 1.57. The number of nitrogens with one attached hydrogen (secondary N) is 1. The summed E-state index contributed by atoms with van der Waals surface area (Å²) in [6.45, 7) is 0.762. The van der Waals surface area contributed by atoms with E-state index in [0.29, 0.717) is 24.7 Å². The lowest BCUT2D eigenvalue weighted by molar-refractivity contribution is -0.132. The van der Waals surface area contributed by atoms with Crippen LogP contribution in [0.3, 0.4) is 0 Å². The second-order valence-corrected chi connectivity index (χ2v) is 6.10. The number of hydrogen-bond acceptors (Lipinski definition) is 6. The van der Waals surface area contributed by atoms with Crippen molar-refractivity contribution >= 4 is 5.91 Å². The van der Waals surface area contributed by atoms with Crippen molar-refractivity contribution < 1.29 is 14.3 Å². The summed E-state index contributed by atoms with van der Waals surface area (Å²) in [5.41, 5.74) is -0.688. The van der Waals surface area contributed by atoms with E-state index in [1.165, 1.54) is 6.33 Å². The Hall–Kier alpha value is -2.64. The van der Waals surface area contributed by atoms with Crippen LogP contribution in [0, 0.1) is 0 Å². The largest absolute Gasteiger partial charge is 0.493 e. The zero-order valence-corrected chi connectivity index (χ0v) is 14.4. The monoisotopic (exact) mass is 345 g/mol. The molecule has 0 atom stereocenters. The average Bonchev–Trinajstić information content (AvgIpc) is 3.21. The van der Waals surface area contributed by atoms with Gasteiger partial charge in [-0.25, -0.2) is 4.68 Å². The fraction of sp³-hybridized carbons (Fsp3) is 0.529. The van der Waals surface area contributed by atoms with E-state index in [0.717, 1.165) is 32.1 Å². The van der Waals surface area contributed by atoms with Crippen molar-refractivity contribution in [3.8, 4) is 11.5 Å². The number of ether oxygens (including phenoxy) is 2. The van der Waals surface area contributed by atoms with Crippen LogP contribution in [0.1, 0.15) is 32.1 Å². The molecule has 1 amide bonds. The van der Waals surface area contributed by atoms with Gasteiger partial charge in [0.15, 0.2) is 11.5 Å². The minimum Gasteiger partial charge on any atom is -0.493 e. The smallest absolute Gasteiger partial charge is 0.248 e. The van der Waals surface area contributed by atoms with Crippen LogP contribution in [0.4, 0.5) is 0 Å². The Morgan fingerprint density at radius 3 is 2.68 bits per heavy atom. The summed E-state index contributed by atoms with van der Waals surface area (Å²) in [5, 5.41) is 14.3. The molecule has 134 valence electrons. The third-order valence-electron chi connectivity index (χ3n) is 4.61.